The number of rotatable bonds is 4. The summed E-state index contributed by atoms with van der Waals surface area (Å²) in [5.74, 6) is -1.43. The summed E-state index contributed by atoms with van der Waals surface area (Å²) in [5, 5.41) is 2.35. The Bertz CT molecular complexity index is 530. The lowest BCUT2D eigenvalue weighted by atomic mass is 9.78. The molecule has 2 atom stereocenters. The monoisotopic (exact) mass is 279 g/mol. The summed E-state index contributed by atoms with van der Waals surface area (Å²) >= 11 is 0. The van der Waals surface area contributed by atoms with Crippen LogP contribution in [0.2, 0.25) is 0 Å². The Balaban J connectivity index is 2.33. The van der Waals surface area contributed by atoms with Crippen LogP contribution in [0.4, 0.5) is 4.39 Å². The minimum Gasteiger partial charge on any atom is -0.494 e. The lowest BCUT2D eigenvalue weighted by Crippen LogP contribution is -2.44. The van der Waals surface area contributed by atoms with Crippen LogP contribution in [0.15, 0.2) is 18.2 Å². The zero-order valence-corrected chi connectivity index (χ0v) is 11.6. The van der Waals surface area contributed by atoms with Crippen LogP contribution in [0.3, 0.4) is 0 Å². The van der Waals surface area contributed by atoms with E-state index < -0.39 is 5.82 Å². The van der Waals surface area contributed by atoms with Gasteiger partial charge in [-0.3, -0.25) is 14.9 Å². The number of halogens is 1. The Kier molecular flexibility index (Phi) is 4.37. The van der Waals surface area contributed by atoms with Crippen molar-refractivity contribution in [3.8, 4) is 5.75 Å². The molecule has 1 aromatic rings. The van der Waals surface area contributed by atoms with Gasteiger partial charge < -0.3 is 4.74 Å². The molecule has 1 heterocycles. The van der Waals surface area contributed by atoms with Crippen molar-refractivity contribution >= 4 is 11.8 Å². The second-order valence-electron chi connectivity index (χ2n) is 5.01. The van der Waals surface area contributed by atoms with Gasteiger partial charge in [-0.15, -0.1) is 0 Å². The van der Waals surface area contributed by atoms with Crippen LogP contribution in [-0.2, 0) is 9.59 Å². The summed E-state index contributed by atoms with van der Waals surface area (Å²) < 4.78 is 18.7. The molecule has 5 heteroatoms. The first-order valence-electron chi connectivity index (χ1n) is 6.74. The molecular formula is C15H18FNO3. The number of carbonyl (C=O) groups excluding carboxylic acids is 2. The predicted octanol–water partition coefficient (Wildman–Crippen LogP) is 2.38. The third-order valence-corrected chi connectivity index (χ3v) is 3.69. The van der Waals surface area contributed by atoms with E-state index in [-0.39, 0.29) is 35.8 Å². The van der Waals surface area contributed by atoms with Crippen molar-refractivity contribution in [3.63, 3.8) is 0 Å². The van der Waals surface area contributed by atoms with Gasteiger partial charge in [-0.05, 0) is 24.1 Å². The quantitative estimate of drug-likeness (QED) is 0.861. The molecule has 0 radical (unpaired) electrons. The van der Waals surface area contributed by atoms with Gasteiger partial charge in [-0.1, -0.05) is 19.4 Å². The number of hydrogen-bond donors (Lipinski definition) is 1. The highest BCUT2D eigenvalue weighted by Gasteiger charge is 2.36. The first-order valence-corrected chi connectivity index (χ1v) is 6.74. The van der Waals surface area contributed by atoms with Crippen LogP contribution in [0.1, 0.15) is 37.7 Å². The number of imide groups is 1. The summed E-state index contributed by atoms with van der Waals surface area (Å²) in [7, 11) is 1.40. The van der Waals surface area contributed by atoms with Crippen LogP contribution >= 0.6 is 0 Å². The molecule has 20 heavy (non-hydrogen) atoms. The fourth-order valence-corrected chi connectivity index (χ4v) is 2.71. The summed E-state index contributed by atoms with van der Waals surface area (Å²) in [6, 6.07) is 4.61. The zero-order chi connectivity index (χ0) is 14.7. The highest BCUT2D eigenvalue weighted by Crippen LogP contribution is 2.35. The maximum atomic E-state index is 13.8. The molecule has 2 amide bonds. The van der Waals surface area contributed by atoms with Gasteiger partial charge in [0.25, 0.3) is 0 Å². The Hall–Kier alpha value is -1.91. The number of benzene rings is 1. The molecular weight excluding hydrogens is 261 g/mol. The topological polar surface area (TPSA) is 55.4 Å². The van der Waals surface area contributed by atoms with Crippen molar-refractivity contribution in [2.75, 3.05) is 7.11 Å². The van der Waals surface area contributed by atoms with Crippen LogP contribution in [0, 0.1) is 11.7 Å². The van der Waals surface area contributed by atoms with E-state index in [1.807, 2.05) is 6.92 Å². The first-order chi connectivity index (χ1) is 9.56. The van der Waals surface area contributed by atoms with Gasteiger partial charge in [0.05, 0.1) is 7.11 Å². The van der Waals surface area contributed by atoms with Crippen molar-refractivity contribution in [1.82, 2.24) is 5.32 Å². The molecule has 1 aromatic carbocycles. The minimum absolute atomic E-state index is 0.160. The molecule has 1 aliphatic rings. The first kappa shape index (κ1) is 14.5. The second kappa shape index (κ2) is 6.03. The van der Waals surface area contributed by atoms with E-state index in [2.05, 4.69) is 5.32 Å². The Morgan fingerprint density at radius 3 is 2.75 bits per heavy atom. The molecule has 0 saturated carbocycles. The zero-order valence-electron chi connectivity index (χ0n) is 11.6. The van der Waals surface area contributed by atoms with E-state index in [0.717, 1.165) is 6.42 Å². The average Bonchev–Trinajstić information content (AvgIpc) is 2.41. The lowest BCUT2D eigenvalue weighted by molar-refractivity contribution is -0.137. The van der Waals surface area contributed by atoms with E-state index in [0.29, 0.717) is 12.0 Å². The molecule has 0 spiro atoms. The van der Waals surface area contributed by atoms with E-state index in [9.17, 15) is 14.0 Å². The third-order valence-electron chi connectivity index (χ3n) is 3.69. The van der Waals surface area contributed by atoms with Gasteiger partial charge in [0.2, 0.25) is 11.8 Å². The normalized spacial score (nSPS) is 22.6. The number of hydrogen-bond acceptors (Lipinski definition) is 3. The minimum atomic E-state index is -0.473. The molecule has 0 aliphatic carbocycles. The van der Waals surface area contributed by atoms with E-state index in [4.69, 9.17) is 4.74 Å². The number of ether oxygens (including phenoxy) is 1. The standard InChI is InChI=1S/C15H18FNO3/c1-3-4-10-11(8-14(18)17-15(10)19)9-5-6-13(20-2)12(16)7-9/h5-7,10-11H,3-4,8H2,1-2H3,(H,17,18,19). The van der Waals surface area contributed by atoms with Gasteiger partial charge in [-0.2, -0.15) is 0 Å². The lowest BCUT2D eigenvalue weighted by Gasteiger charge is -2.30. The van der Waals surface area contributed by atoms with Gasteiger partial charge in [0.1, 0.15) is 0 Å². The smallest absolute Gasteiger partial charge is 0.230 e. The largest absolute Gasteiger partial charge is 0.494 e. The van der Waals surface area contributed by atoms with Gasteiger partial charge in [0.15, 0.2) is 11.6 Å². The summed E-state index contributed by atoms with van der Waals surface area (Å²) in [6.45, 7) is 1.98. The van der Waals surface area contributed by atoms with E-state index in [1.54, 1.807) is 6.07 Å². The molecule has 1 aliphatic heterocycles. The second-order valence-corrected chi connectivity index (χ2v) is 5.01. The molecule has 0 aromatic heterocycles. The maximum absolute atomic E-state index is 13.8. The number of methoxy groups -OCH3 is 1. The van der Waals surface area contributed by atoms with Crippen molar-refractivity contribution in [2.24, 2.45) is 5.92 Å². The number of carbonyl (C=O) groups is 2. The van der Waals surface area contributed by atoms with Crippen LogP contribution in [0.25, 0.3) is 0 Å². The molecule has 1 saturated heterocycles. The Morgan fingerprint density at radius 2 is 2.15 bits per heavy atom. The number of amides is 2. The highest BCUT2D eigenvalue weighted by molar-refractivity contribution is 5.99. The molecule has 1 fully saturated rings. The summed E-state index contributed by atoms with van der Waals surface area (Å²) in [5.41, 5.74) is 0.671. The van der Waals surface area contributed by atoms with Gasteiger partial charge >= 0.3 is 0 Å². The molecule has 4 nitrogen and oxygen atoms in total. The summed E-state index contributed by atoms with van der Waals surface area (Å²) in [4.78, 5) is 23.5. The predicted molar refractivity (Wildman–Crippen MR) is 71.9 cm³/mol. The summed E-state index contributed by atoms with van der Waals surface area (Å²) in [6.07, 6.45) is 1.72. The third kappa shape index (κ3) is 2.81. The van der Waals surface area contributed by atoms with E-state index in [1.165, 1.54) is 19.2 Å². The van der Waals surface area contributed by atoms with Gasteiger partial charge in [-0.25, -0.2) is 4.39 Å². The van der Waals surface area contributed by atoms with Gasteiger partial charge in [0, 0.05) is 18.3 Å². The van der Waals surface area contributed by atoms with Crippen molar-refractivity contribution < 1.29 is 18.7 Å². The molecule has 0 bridgehead atoms. The van der Waals surface area contributed by atoms with Crippen LogP contribution in [-0.4, -0.2) is 18.9 Å². The molecule has 2 rings (SSSR count). The van der Waals surface area contributed by atoms with Crippen LogP contribution in [0.5, 0.6) is 5.75 Å². The Labute approximate surface area is 117 Å². The fraction of sp³-hybridized carbons (Fsp3) is 0.467. The molecule has 108 valence electrons. The molecule has 2 unspecified atom stereocenters. The van der Waals surface area contributed by atoms with Crippen molar-refractivity contribution in [3.05, 3.63) is 29.6 Å². The number of piperidine rings is 1. The molecule has 1 N–H and O–H groups in total. The van der Waals surface area contributed by atoms with Crippen molar-refractivity contribution in [2.45, 2.75) is 32.1 Å². The van der Waals surface area contributed by atoms with Crippen LogP contribution < -0.4 is 10.1 Å². The average molecular weight is 279 g/mol. The van der Waals surface area contributed by atoms with Crippen molar-refractivity contribution in [1.29, 1.82) is 0 Å². The highest BCUT2D eigenvalue weighted by atomic mass is 19.1. The SMILES string of the molecule is CCCC1C(=O)NC(=O)CC1c1ccc(OC)c(F)c1. The Morgan fingerprint density at radius 1 is 1.40 bits per heavy atom. The maximum Gasteiger partial charge on any atom is 0.230 e. The number of nitrogens with one attached hydrogen (secondary N) is 1. The fourth-order valence-electron chi connectivity index (χ4n) is 2.71. The van der Waals surface area contributed by atoms with E-state index >= 15 is 0 Å².